The quantitative estimate of drug-likeness (QED) is 0.220. The van der Waals surface area contributed by atoms with Crippen molar-refractivity contribution in [3.05, 3.63) is 0 Å². The molecule has 0 aromatic carbocycles. The number of nitrogens with one attached hydrogen (secondary N) is 2. The molecule has 10 nitrogen and oxygen atoms in total. The fraction of sp³-hybridized carbons (Fsp3) is 0.882. The van der Waals surface area contributed by atoms with Crippen LogP contribution in [0.4, 0.5) is 0 Å². The molecule has 1 aliphatic rings. The monoisotopic (exact) mass is 424 g/mol. The Labute approximate surface area is 166 Å². The maximum Gasteiger partial charge on any atom is 0.335 e. The number of aliphatic hydroxyl groups is 1. The van der Waals surface area contributed by atoms with Crippen LogP contribution >= 0.6 is 0 Å². The molecule has 1 amide bonds. The van der Waals surface area contributed by atoms with E-state index >= 15 is 0 Å². The van der Waals surface area contributed by atoms with Crippen LogP contribution in [0.25, 0.3) is 0 Å². The van der Waals surface area contributed by atoms with Crippen molar-refractivity contribution < 1.29 is 36.8 Å². The fourth-order valence-corrected chi connectivity index (χ4v) is 3.52. The van der Waals surface area contributed by atoms with Gasteiger partial charge in [0.25, 0.3) is 10.1 Å². The van der Waals surface area contributed by atoms with E-state index in [4.69, 9.17) is 13.7 Å². The summed E-state index contributed by atoms with van der Waals surface area (Å²) in [5.74, 6) is -1.39. The molecule has 11 heteroatoms. The van der Waals surface area contributed by atoms with E-state index < -0.39 is 33.7 Å². The zero-order chi connectivity index (χ0) is 21.4. The van der Waals surface area contributed by atoms with E-state index in [1.165, 1.54) is 20.8 Å². The maximum absolute atomic E-state index is 12.2. The summed E-state index contributed by atoms with van der Waals surface area (Å²) in [7, 11) is -3.85. The summed E-state index contributed by atoms with van der Waals surface area (Å²) in [6.07, 6.45) is -2.25. The third-order valence-electron chi connectivity index (χ3n) is 4.30. The van der Waals surface area contributed by atoms with Gasteiger partial charge < -0.3 is 25.2 Å². The van der Waals surface area contributed by atoms with Gasteiger partial charge in [-0.15, -0.1) is 0 Å². The number of carbonyl (C=O) groups is 2. The molecule has 1 heterocycles. The molecule has 3 atom stereocenters. The lowest BCUT2D eigenvalue weighted by molar-refractivity contribution is -0.174. The van der Waals surface area contributed by atoms with Gasteiger partial charge in [0, 0.05) is 32.0 Å². The second-order valence-electron chi connectivity index (χ2n) is 7.51. The highest BCUT2D eigenvalue weighted by molar-refractivity contribution is 7.86. The van der Waals surface area contributed by atoms with Gasteiger partial charge in [0.1, 0.15) is 12.2 Å². The van der Waals surface area contributed by atoms with Crippen LogP contribution in [-0.4, -0.2) is 82.3 Å². The van der Waals surface area contributed by atoms with Gasteiger partial charge in [-0.05, 0) is 13.3 Å². The lowest BCUT2D eigenvalue weighted by Crippen LogP contribution is -2.48. The van der Waals surface area contributed by atoms with Gasteiger partial charge in [-0.1, -0.05) is 13.8 Å². The number of ether oxygens (including phenoxy) is 2. The molecule has 1 rings (SSSR count). The van der Waals surface area contributed by atoms with E-state index in [0.29, 0.717) is 13.2 Å². The second-order valence-corrected chi connectivity index (χ2v) is 9.27. The van der Waals surface area contributed by atoms with Crippen molar-refractivity contribution in [3.8, 4) is 0 Å². The van der Waals surface area contributed by atoms with Crippen LogP contribution in [0.2, 0.25) is 0 Å². The van der Waals surface area contributed by atoms with Crippen LogP contribution in [0, 0.1) is 5.41 Å². The Hall–Kier alpha value is -1.27. The van der Waals surface area contributed by atoms with Crippen LogP contribution in [-0.2, 0) is 33.4 Å². The molecule has 1 fully saturated rings. The lowest BCUT2D eigenvalue weighted by Gasteiger charge is -2.32. The second kappa shape index (κ2) is 11.1. The number of aliphatic hydroxyl groups excluding tert-OH is 1. The van der Waals surface area contributed by atoms with Crippen LogP contribution in [0.1, 0.15) is 34.1 Å². The number of amides is 1. The molecule has 2 unspecified atom stereocenters. The molecule has 1 saturated heterocycles. The van der Waals surface area contributed by atoms with Crippen LogP contribution in [0.15, 0.2) is 0 Å². The number of rotatable bonds is 11. The molecule has 164 valence electrons. The average molecular weight is 425 g/mol. The Morgan fingerprint density at radius 1 is 1.39 bits per heavy atom. The number of hydrogen-bond donors (Lipinski definition) is 3. The predicted octanol–water partition coefficient (Wildman–Crippen LogP) is -0.834. The van der Waals surface area contributed by atoms with Crippen molar-refractivity contribution in [1.82, 2.24) is 10.6 Å². The van der Waals surface area contributed by atoms with Crippen molar-refractivity contribution in [2.45, 2.75) is 52.4 Å². The number of morpholine rings is 1. The molecule has 0 spiro atoms. The van der Waals surface area contributed by atoms with Crippen LogP contribution in [0.3, 0.4) is 0 Å². The molecule has 0 bridgehead atoms. The van der Waals surface area contributed by atoms with E-state index in [1.807, 2.05) is 0 Å². The molecule has 0 saturated carbocycles. The highest BCUT2D eigenvalue weighted by Gasteiger charge is 2.38. The third kappa shape index (κ3) is 8.82. The minimum Gasteiger partial charge on any atom is -0.458 e. The summed E-state index contributed by atoms with van der Waals surface area (Å²) in [6, 6.07) is 0. The highest BCUT2D eigenvalue weighted by Crippen LogP contribution is 2.24. The molecular weight excluding hydrogens is 392 g/mol. The minimum absolute atomic E-state index is 0.194. The van der Waals surface area contributed by atoms with Gasteiger partial charge >= 0.3 is 5.97 Å². The largest absolute Gasteiger partial charge is 0.458 e. The zero-order valence-corrected chi connectivity index (χ0v) is 17.7. The first kappa shape index (κ1) is 24.8. The Bertz CT molecular complexity index is 617. The van der Waals surface area contributed by atoms with Crippen molar-refractivity contribution in [3.63, 3.8) is 0 Å². The molecule has 0 aromatic heterocycles. The van der Waals surface area contributed by atoms with Crippen molar-refractivity contribution in [1.29, 1.82) is 0 Å². The van der Waals surface area contributed by atoms with Crippen molar-refractivity contribution in [2.24, 2.45) is 5.41 Å². The fourth-order valence-electron chi connectivity index (χ4n) is 2.42. The first-order valence-corrected chi connectivity index (χ1v) is 10.8. The first-order valence-electron chi connectivity index (χ1n) is 9.27. The molecule has 0 radical (unpaired) electrons. The minimum atomic E-state index is -3.85. The first-order chi connectivity index (χ1) is 12.9. The standard InChI is InChI=1S/C17H32N2O8S/c1-12(14-10-18-7-8-25-14)27-16(22)15(21)17(3,4)11-26-28(23,24)9-5-6-19-13(2)20/h12,14-15,18,21H,5-11H2,1-4H3,(H,19,20)/t12?,14?,15-/m0/s1. The van der Waals surface area contributed by atoms with Crippen LogP contribution in [0.5, 0.6) is 0 Å². The van der Waals surface area contributed by atoms with Gasteiger partial charge in [0.05, 0.1) is 19.0 Å². The predicted molar refractivity (Wildman–Crippen MR) is 101 cm³/mol. The molecule has 3 N–H and O–H groups in total. The summed E-state index contributed by atoms with van der Waals surface area (Å²) >= 11 is 0. The number of hydrogen-bond acceptors (Lipinski definition) is 9. The summed E-state index contributed by atoms with van der Waals surface area (Å²) in [5, 5.41) is 15.9. The Morgan fingerprint density at radius 3 is 2.64 bits per heavy atom. The summed E-state index contributed by atoms with van der Waals surface area (Å²) in [5.41, 5.74) is -1.19. The van der Waals surface area contributed by atoms with Crippen molar-refractivity contribution >= 4 is 22.0 Å². The normalized spacial score (nSPS) is 20.2. The molecule has 0 aromatic rings. The average Bonchev–Trinajstić information content (AvgIpc) is 2.63. The van der Waals surface area contributed by atoms with Gasteiger partial charge in [-0.3, -0.25) is 8.98 Å². The topological polar surface area (TPSA) is 140 Å². The Kier molecular flexibility index (Phi) is 9.78. The molecule has 1 aliphatic heterocycles. The highest BCUT2D eigenvalue weighted by atomic mass is 32.2. The number of esters is 1. The zero-order valence-electron chi connectivity index (χ0n) is 16.9. The smallest absolute Gasteiger partial charge is 0.335 e. The van der Waals surface area contributed by atoms with E-state index in [1.54, 1.807) is 6.92 Å². The number of carbonyl (C=O) groups excluding carboxylic acids is 2. The van der Waals surface area contributed by atoms with Gasteiger partial charge in [0.15, 0.2) is 6.10 Å². The molecule has 28 heavy (non-hydrogen) atoms. The summed E-state index contributed by atoms with van der Waals surface area (Å²) in [4.78, 5) is 23.0. The van der Waals surface area contributed by atoms with Crippen LogP contribution < -0.4 is 10.6 Å². The lowest BCUT2D eigenvalue weighted by atomic mass is 9.87. The Morgan fingerprint density at radius 2 is 2.07 bits per heavy atom. The van der Waals surface area contributed by atoms with Crippen molar-refractivity contribution in [2.75, 3.05) is 38.6 Å². The SMILES string of the molecule is CC(=O)NCCCS(=O)(=O)OCC(C)(C)[C@@H](O)C(=O)OC(C)C1CNCCO1. The Balaban J connectivity index is 2.48. The third-order valence-corrected chi connectivity index (χ3v) is 5.57. The van der Waals surface area contributed by atoms with Gasteiger partial charge in [-0.25, -0.2) is 4.79 Å². The van der Waals surface area contributed by atoms with Gasteiger partial charge in [-0.2, -0.15) is 8.42 Å². The maximum atomic E-state index is 12.2. The van der Waals surface area contributed by atoms with E-state index in [-0.39, 0.29) is 37.3 Å². The van der Waals surface area contributed by atoms with E-state index in [9.17, 15) is 23.1 Å². The van der Waals surface area contributed by atoms with E-state index in [0.717, 1.165) is 6.54 Å². The van der Waals surface area contributed by atoms with E-state index in [2.05, 4.69) is 10.6 Å². The summed E-state index contributed by atoms with van der Waals surface area (Å²) < 4.78 is 39.6. The van der Waals surface area contributed by atoms with Gasteiger partial charge in [0.2, 0.25) is 5.91 Å². The summed E-state index contributed by atoms with van der Waals surface area (Å²) in [6.45, 7) is 7.63. The molecule has 0 aliphatic carbocycles. The molecular formula is C17H32N2O8S.